The van der Waals surface area contributed by atoms with Crippen LogP contribution in [-0.4, -0.2) is 21.1 Å². The molecule has 1 fully saturated rings. The van der Waals surface area contributed by atoms with Crippen molar-refractivity contribution < 1.29 is 9.47 Å². The van der Waals surface area contributed by atoms with Crippen LogP contribution in [0.1, 0.15) is 25.5 Å². The monoisotopic (exact) mass is 386 g/mol. The van der Waals surface area contributed by atoms with Crippen LogP contribution in [-0.2, 0) is 4.74 Å². The Morgan fingerprint density at radius 1 is 0.966 bits per heavy atom. The summed E-state index contributed by atoms with van der Waals surface area (Å²) < 4.78 is 14.0. The maximum atomic E-state index is 6.24. The van der Waals surface area contributed by atoms with Gasteiger partial charge in [0.25, 0.3) is 0 Å². The van der Waals surface area contributed by atoms with E-state index in [9.17, 15) is 0 Å². The molecule has 5 rings (SSSR count). The Labute approximate surface area is 168 Å². The Morgan fingerprint density at radius 3 is 2.52 bits per heavy atom. The van der Waals surface area contributed by atoms with Crippen LogP contribution in [0.25, 0.3) is 22.2 Å². The fourth-order valence-electron chi connectivity index (χ4n) is 3.82. The largest absolute Gasteiger partial charge is 0.457 e. The lowest BCUT2D eigenvalue weighted by Crippen LogP contribution is -2.17. The summed E-state index contributed by atoms with van der Waals surface area (Å²) in [7, 11) is 0. The molecule has 0 amide bonds. The summed E-state index contributed by atoms with van der Waals surface area (Å²) in [5, 5.41) is 0.860. The second-order valence-corrected chi connectivity index (χ2v) is 7.17. The first-order chi connectivity index (χ1) is 14.3. The predicted octanol–water partition coefficient (Wildman–Crippen LogP) is 5.17. The van der Waals surface area contributed by atoms with Crippen LogP contribution >= 0.6 is 0 Å². The van der Waals surface area contributed by atoms with Gasteiger partial charge in [0.2, 0.25) is 0 Å². The maximum Gasteiger partial charge on any atom is 0.148 e. The van der Waals surface area contributed by atoms with Crippen LogP contribution in [0.2, 0.25) is 0 Å². The SMILES string of the molecule is Nc1ncnc2c1c(-c1ccc(Oc3ccccc3)cc1)cn2C1CCCCO1. The molecule has 3 heterocycles. The fourth-order valence-corrected chi connectivity index (χ4v) is 3.82. The highest BCUT2D eigenvalue weighted by Crippen LogP contribution is 2.37. The number of fused-ring (bicyclic) bond motifs is 1. The van der Waals surface area contributed by atoms with E-state index in [-0.39, 0.29) is 6.23 Å². The molecule has 0 aliphatic carbocycles. The number of rotatable bonds is 4. The first kappa shape index (κ1) is 17.7. The number of nitrogens with zero attached hydrogens (tertiary/aromatic N) is 3. The van der Waals surface area contributed by atoms with Crippen molar-refractivity contribution in [1.29, 1.82) is 0 Å². The first-order valence-corrected chi connectivity index (χ1v) is 9.85. The van der Waals surface area contributed by atoms with E-state index < -0.39 is 0 Å². The highest BCUT2D eigenvalue weighted by Gasteiger charge is 2.22. The van der Waals surface area contributed by atoms with E-state index in [1.807, 2.05) is 54.6 Å². The smallest absolute Gasteiger partial charge is 0.148 e. The van der Waals surface area contributed by atoms with E-state index in [1.54, 1.807) is 0 Å². The number of benzene rings is 2. The standard InChI is InChI=1S/C23H22N4O2/c24-22-21-19(14-27(23(21)26-15-25-22)20-8-4-5-13-28-20)16-9-11-18(12-10-16)29-17-6-2-1-3-7-17/h1-3,6-7,9-12,14-15,20H,4-5,8,13H2,(H2,24,25,26). The summed E-state index contributed by atoms with van der Waals surface area (Å²) in [6.07, 6.45) is 6.79. The molecule has 1 atom stereocenters. The molecule has 1 aliphatic rings. The van der Waals surface area contributed by atoms with E-state index in [0.29, 0.717) is 5.82 Å². The van der Waals surface area contributed by atoms with E-state index >= 15 is 0 Å². The van der Waals surface area contributed by atoms with Crippen LogP contribution in [0.5, 0.6) is 11.5 Å². The molecule has 6 nitrogen and oxygen atoms in total. The number of ether oxygens (including phenoxy) is 2. The summed E-state index contributed by atoms with van der Waals surface area (Å²) in [5.74, 6) is 2.07. The molecule has 4 aromatic rings. The van der Waals surface area contributed by atoms with E-state index in [0.717, 1.165) is 59.5 Å². The average Bonchev–Trinajstić information content (AvgIpc) is 3.17. The third-order valence-electron chi connectivity index (χ3n) is 5.25. The molecular weight excluding hydrogens is 364 g/mol. The molecule has 0 bridgehead atoms. The second kappa shape index (κ2) is 7.56. The van der Waals surface area contributed by atoms with E-state index in [1.165, 1.54) is 6.33 Å². The number of aromatic nitrogens is 3. The third kappa shape index (κ3) is 3.43. The van der Waals surface area contributed by atoms with Gasteiger partial charge in [0, 0.05) is 18.4 Å². The number of nitrogen functional groups attached to an aromatic ring is 1. The molecule has 1 unspecified atom stereocenters. The normalized spacial score (nSPS) is 16.8. The van der Waals surface area contributed by atoms with Crippen LogP contribution in [0, 0.1) is 0 Å². The zero-order chi connectivity index (χ0) is 19.6. The molecule has 0 saturated carbocycles. The zero-order valence-corrected chi connectivity index (χ0v) is 16.0. The average molecular weight is 386 g/mol. The first-order valence-electron chi connectivity index (χ1n) is 9.85. The van der Waals surface area contributed by atoms with Crippen molar-refractivity contribution >= 4 is 16.9 Å². The summed E-state index contributed by atoms with van der Waals surface area (Å²) in [6, 6.07) is 17.7. The van der Waals surface area contributed by atoms with Crippen LogP contribution < -0.4 is 10.5 Å². The quantitative estimate of drug-likeness (QED) is 0.523. The molecule has 0 radical (unpaired) electrons. The highest BCUT2D eigenvalue weighted by molar-refractivity contribution is 6.00. The van der Waals surface area contributed by atoms with Gasteiger partial charge in [0.1, 0.15) is 35.5 Å². The van der Waals surface area contributed by atoms with Gasteiger partial charge < -0.3 is 19.8 Å². The Kier molecular flexibility index (Phi) is 4.62. The number of hydrogen-bond acceptors (Lipinski definition) is 5. The molecular formula is C23H22N4O2. The Bertz CT molecular complexity index is 1120. The molecule has 1 saturated heterocycles. The number of nitrogens with two attached hydrogens (primary N) is 1. The van der Waals surface area contributed by atoms with Gasteiger partial charge >= 0.3 is 0 Å². The van der Waals surface area contributed by atoms with Gasteiger partial charge in [-0.3, -0.25) is 0 Å². The number of anilines is 1. The topological polar surface area (TPSA) is 75.2 Å². The summed E-state index contributed by atoms with van der Waals surface area (Å²) in [4.78, 5) is 8.72. The lowest BCUT2D eigenvalue weighted by Gasteiger charge is -2.24. The minimum atomic E-state index is -0.0185. The molecule has 2 N–H and O–H groups in total. The minimum Gasteiger partial charge on any atom is -0.457 e. The van der Waals surface area contributed by atoms with Crippen molar-refractivity contribution in [3.63, 3.8) is 0 Å². The van der Waals surface area contributed by atoms with Crippen molar-refractivity contribution in [3.05, 3.63) is 67.1 Å². The van der Waals surface area contributed by atoms with Crippen LogP contribution in [0.4, 0.5) is 5.82 Å². The highest BCUT2D eigenvalue weighted by atomic mass is 16.5. The van der Waals surface area contributed by atoms with Crippen molar-refractivity contribution in [2.45, 2.75) is 25.5 Å². The third-order valence-corrected chi connectivity index (χ3v) is 5.25. The lowest BCUT2D eigenvalue weighted by atomic mass is 10.1. The van der Waals surface area contributed by atoms with Crippen molar-refractivity contribution in [3.8, 4) is 22.6 Å². The number of para-hydroxylation sites is 1. The van der Waals surface area contributed by atoms with Gasteiger partial charge in [0.15, 0.2) is 0 Å². The second-order valence-electron chi connectivity index (χ2n) is 7.17. The van der Waals surface area contributed by atoms with Gasteiger partial charge in [-0.05, 0) is 49.1 Å². The van der Waals surface area contributed by atoms with Crippen LogP contribution in [0.3, 0.4) is 0 Å². The summed E-state index contributed by atoms with van der Waals surface area (Å²) in [5.41, 5.74) is 9.08. The zero-order valence-electron chi connectivity index (χ0n) is 16.0. The van der Waals surface area contributed by atoms with Crippen LogP contribution in [0.15, 0.2) is 67.1 Å². The number of hydrogen-bond donors (Lipinski definition) is 1. The summed E-state index contributed by atoms with van der Waals surface area (Å²) >= 11 is 0. The van der Waals surface area contributed by atoms with Gasteiger partial charge in [-0.25, -0.2) is 9.97 Å². The maximum absolute atomic E-state index is 6.24. The van der Waals surface area contributed by atoms with Gasteiger partial charge in [0.05, 0.1) is 5.39 Å². The molecule has 0 spiro atoms. The predicted molar refractivity (Wildman–Crippen MR) is 113 cm³/mol. The Morgan fingerprint density at radius 2 is 1.76 bits per heavy atom. The minimum absolute atomic E-state index is 0.0185. The van der Waals surface area contributed by atoms with Crippen molar-refractivity contribution in [2.24, 2.45) is 0 Å². The fraction of sp³-hybridized carbons (Fsp3) is 0.217. The molecule has 29 heavy (non-hydrogen) atoms. The molecule has 146 valence electrons. The van der Waals surface area contributed by atoms with E-state index in [2.05, 4.69) is 20.7 Å². The lowest BCUT2D eigenvalue weighted by molar-refractivity contribution is -0.0294. The molecule has 6 heteroatoms. The molecule has 2 aromatic carbocycles. The van der Waals surface area contributed by atoms with Crippen molar-refractivity contribution in [2.75, 3.05) is 12.3 Å². The summed E-state index contributed by atoms with van der Waals surface area (Å²) in [6.45, 7) is 0.770. The Balaban J connectivity index is 1.52. The molecule has 1 aliphatic heterocycles. The molecule has 2 aromatic heterocycles. The van der Waals surface area contributed by atoms with Gasteiger partial charge in [-0.15, -0.1) is 0 Å². The van der Waals surface area contributed by atoms with Gasteiger partial charge in [-0.2, -0.15) is 0 Å². The van der Waals surface area contributed by atoms with Crippen molar-refractivity contribution in [1.82, 2.24) is 14.5 Å². The van der Waals surface area contributed by atoms with E-state index in [4.69, 9.17) is 15.2 Å². The van der Waals surface area contributed by atoms with Gasteiger partial charge in [-0.1, -0.05) is 30.3 Å². The Hall–Kier alpha value is -3.38.